The highest BCUT2D eigenvalue weighted by molar-refractivity contribution is 7.11. The molecule has 4 nitrogen and oxygen atoms in total. The quantitative estimate of drug-likeness (QED) is 0.656. The summed E-state index contributed by atoms with van der Waals surface area (Å²) in [4.78, 5) is 5.84. The van der Waals surface area contributed by atoms with E-state index in [2.05, 4.69) is 4.98 Å². The van der Waals surface area contributed by atoms with Crippen LogP contribution in [0.15, 0.2) is 53.6 Å². The van der Waals surface area contributed by atoms with Crippen molar-refractivity contribution in [2.24, 2.45) is 0 Å². The molecule has 0 amide bonds. The molecule has 27 heavy (non-hydrogen) atoms. The normalized spacial score (nSPS) is 14.3. The van der Waals surface area contributed by atoms with E-state index in [1.54, 1.807) is 0 Å². The summed E-state index contributed by atoms with van der Waals surface area (Å²) in [5, 5.41) is 21.1. The Kier molecular flexibility index (Phi) is 4.24. The molecule has 136 valence electrons. The number of nitrogens with zero attached hydrogens (tertiary/aromatic N) is 2. The molecule has 0 atom stereocenters. The fourth-order valence-electron chi connectivity index (χ4n) is 2.96. The predicted octanol–water partition coefficient (Wildman–Crippen LogP) is 5.16. The van der Waals surface area contributed by atoms with Gasteiger partial charge in [0, 0.05) is 17.0 Å². The first kappa shape index (κ1) is 17.4. The highest BCUT2D eigenvalue weighted by Gasteiger charge is 2.32. The SMILES string of the molecule is Cc1ccc(-c2csc(C3=C(O)CN(c4ccc(F)cc4F)C3=N)n2)cc1. The van der Waals surface area contributed by atoms with E-state index >= 15 is 0 Å². The lowest BCUT2D eigenvalue weighted by molar-refractivity contribution is 0.411. The van der Waals surface area contributed by atoms with Crippen molar-refractivity contribution in [1.29, 1.82) is 5.41 Å². The van der Waals surface area contributed by atoms with Gasteiger partial charge in [0.25, 0.3) is 0 Å². The zero-order chi connectivity index (χ0) is 19.1. The number of hydrogen-bond donors (Lipinski definition) is 2. The number of nitrogens with one attached hydrogen (secondary N) is 1. The summed E-state index contributed by atoms with van der Waals surface area (Å²) in [5.74, 6) is -1.60. The summed E-state index contributed by atoms with van der Waals surface area (Å²) in [6.45, 7) is 1.94. The molecule has 0 saturated carbocycles. The first-order valence-corrected chi connectivity index (χ1v) is 9.08. The minimum absolute atomic E-state index is 0.0401. The van der Waals surface area contributed by atoms with Gasteiger partial charge in [0.15, 0.2) is 0 Å². The smallest absolute Gasteiger partial charge is 0.149 e. The molecular weight excluding hydrogens is 368 g/mol. The van der Waals surface area contributed by atoms with E-state index in [-0.39, 0.29) is 29.4 Å². The van der Waals surface area contributed by atoms with Gasteiger partial charge < -0.3 is 10.0 Å². The van der Waals surface area contributed by atoms with E-state index in [9.17, 15) is 13.9 Å². The number of aliphatic hydroxyl groups excluding tert-OH is 1. The van der Waals surface area contributed by atoms with Crippen molar-refractivity contribution in [1.82, 2.24) is 4.98 Å². The maximum Gasteiger partial charge on any atom is 0.149 e. The van der Waals surface area contributed by atoms with Gasteiger partial charge in [-0.05, 0) is 19.1 Å². The molecular formula is C20H15F2N3OS. The molecule has 0 spiro atoms. The van der Waals surface area contributed by atoms with Crippen LogP contribution in [0.2, 0.25) is 0 Å². The van der Waals surface area contributed by atoms with Crippen molar-refractivity contribution in [2.45, 2.75) is 6.92 Å². The van der Waals surface area contributed by atoms with Crippen LogP contribution in [0.3, 0.4) is 0 Å². The Balaban J connectivity index is 1.65. The first-order chi connectivity index (χ1) is 12.9. The van der Waals surface area contributed by atoms with Gasteiger partial charge in [-0.1, -0.05) is 29.8 Å². The molecule has 0 fully saturated rings. The summed E-state index contributed by atoms with van der Waals surface area (Å²) < 4.78 is 27.3. The minimum Gasteiger partial charge on any atom is -0.510 e. The van der Waals surface area contributed by atoms with Gasteiger partial charge in [-0.15, -0.1) is 11.3 Å². The average molecular weight is 383 g/mol. The highest BCUT2D eigenvalue weighted by Crippen LogP contribution is 2.35. The zero-order valence-electron chi connectivity index (χ0n) is 14.3. The van der Waals surface area contributed by atoms with E-state index in [4.69, 9.17) is 5.41 Å². The number of rotatable bonds is 3. The molecule has 0 bridgehead atoms. The van der Waals surface area contributed by atoms with Crippen LogP contribution in [0.4, 0.5) is 14.5 Å². The van der Waals surface area contributed by atoms with Crippen LogP contribution in [-0.2, 0) is 0 Å². The Morgan fingerprint density at radius 2 is 1.89 bits per heavy atom. The second-order valence-corrected chi connectivity index (χ2v) is 7.11. The molecule has 2 heterocycles. The molecule has 1 aliphatic rings. The van der Waals surface area contributed by atoms with Crippen LogP contribution in [0, 0.1) is 24.0 Å². The number of aliphatic hydroxyl groups is 1. The van der Waals surface area contributed by atoms with Gasteiger partial charge in [-0.25, -0.2) is 13.8 Å². The van der Waals surface area contributed by atoms with Crippen LogP contribution in [0.5, 0.6) is 0 Å². The summed E-state index contributed by atoms with van der Waals surface area (Å²) in [6.07, 6.45) is 0. The molecule has 2 N–H and O–H groups in total. The number of thiazole rings is 1. The second kappa shape index (κ2) is 6.59. The van der Waals surface area contributed by atoms with Crippen molar-refractivity contribution in [2.75, 3.05) is 11.4 Å². The van der Waals surface area contributed by atoms with Gasteiger partial charge >= 0.3 is 0 Å². The first-order valence-electron chi connectivity index (χ1n) is 8.20. The fourth-order valence-corrected chi connectivity index (χ4v) is 3.85. The van der Waals surface area contributed by atoms with E-state index in [1.807, 2.05) is 36.6 Å². The molecule has 7 heteroatoms. The van der Waals surface area contributed by atoms with Crippen molar-refractivity contribution < 1.29 is 13.9 Å². The van der Waals surface area contributed by atoms with Gasteiger partial charge in [0.2, 0.25) is 0 Å². The predicted molar refractivity (Wildman–Crippen MR) is 103 cm³/mol. The van der Waals surface area contributed by atoms with Crippen LogP contribution < -0.4 is 4.90 Å². The monoisotopic (exact) mass is 383 g/mol. The van der Waals surface area contributed by atoms with Crippen LogP contribution >= 0.6 is 11.3 Å². The lowest BCUT2D eigenvalue weighted by atomic mass is 10.1. The van der Waals surface area contributed by atoms with E-state index < -0.39 is 11.6 Å². The Bertz CT molecular complexity index is 1070. The molecule has 0 saturated heterocycles. The molecule has 0 radical (unpaired) electrons. The molecule has 3 aromatic rings. The highest BCUT2D eigenvalue weighted by atomic mass is 32.1. The number of benzene rings is 2. The standard InChI is InChI=1S/C20H15F2N3OS/c1-11-2-4-12(5-3-11)15-10-27-20(24-15)18-17(26)9-25(19(18)23)16-7-6-13(21)8-14(16)22/h2-8,10,23,26H,9H2,1H3. The van der Waals surface area contributed by atoms with E-state index in [0.29, 0.717) is 5.01 Å². The topological polar surface area (TPSA) is 60.2 Å². The Hall–Kier alpha value is -3.06. The second-order valence-electron chi connectivity index (χ2n) is 6.26. The molecule has 4 rings (SSSR count). The lowest BCUT2D eigenvalue weighted by Gasteiger charge is -2.19. The Morgan fingerprint density at radius 3 is 2.59 bits per heavy atom. The number of anilines is 1. The third-order valence-electron chi connectivity index (χ3n) is 4.37. The summed E-state index contributed by atoms with van der Waals surface area (Å²) in [6, 6.07) is 11.0. The molecule has 2 aromatic carbocycles. The van der Waals surface area contributed by atoms with Gasteiger partial charge in [-0.3, -0.25) is 5.41 Å². The Labute approximate surface area is 158 Å². The summed E-state index contributed by atoms with van der Waals surface area (Å²) in [7, 11) is 0. The number of aromatic nitrogens is 1. The van der Waals surface area contributed by atoms with Gasteiger partial charge in [-0.2, -0.15) is 0 Å². The molecule has 0 unspecified atom stereocenters. The van der Waals surface area contributed by atoms with Crippen molar-refractivity contribution in [3.63, 3.8) is 0 Å². The number of aryl methyl sites for hydroxylation is 1. The van der Waals surface area contributed by atoms with Crippen LogP contribution in [-0.4, -0.2) is 22.5 Å². The van der Waals surface area contributed by atoms with Crippen molar-refractivity contribution in [3.8, 4) is 11.3 Å². The summed E-state index contributed by atoms with van der Waals surface area (Å²) in [5.41, 5.74) is 3.13. The third kappa shape index (κ3) is 3.10. The van der Waals surface area contributed by atoms with Gasteiger partial charge in [0.05, 0.1) is 23.5 Å². The minimum atomic E-state index is -0.784. The van der Waals surface area contributed by atoms with E-state index in [0.717, 1.165) is 29.0 Å². The van der Waals surface area contributed by atoms with Gasteiger partial charge in [0.1, 0.15) is 28.2 Å². The molecule has 1 aromatic heterocycles. The summed E-state index contributed by atoms with van der Waals surface area (Å²) >= 11 is 1.31. The largest absolute Gasteiger partial charge is 0.510 e. The van der Waals surface area contributed by atoms with E-state index in [1.165, 1.54) is 22.3 Å². The third-order valence-corrected chi connectivity index (χ3v) is 5.23. The fraction of sp³-hybridized carbons (Fsp3) is 0.100. The molecule has 1 aliphatic heterocycles. The number of halogens is 2. The van der Waals surface area contributed by atoms with Crippen LogP contribution in [0.25, 0.3) is 16.8 Å². The maximum atomic E-state index is 14.1. The van der Waals surface area contributed by atoms with Crippen molar-refractivity contribution >= 4 is 28.4 Å². The number of hydrogen-bond acceptors (Lipinski definition) is 4. The van der Waals surface area contributed by atoms with Crippen LogP contribution in [0.1, 0.15) is 10.6 Å². The molecule has 0 aliphatic carbocycles. The lowest BCUT2D eigenvalue weighted by Crippen LogP contribution is -2.27. The van der Waals surface area contributed by atoms with Crippen molar-refractivity contribution in [3.05, 3.63) is 75.8 Å². The maximum absolute atomic E-state index is 14.1. The Morgan fingerprint density at radius 1 is 1.15 bits per heavy atom. The average Bonchev–Trinajstić information content (AvgIpc) is 3.20. The number of amidine groups is 1. The zero-order valence-corrected chi connectivity index (χ0v) is 15.1.